The zero-order chi connectivity index (χ0) is 25.9. The molecule has 4 heterocycles. The molecular formula is C27H33ClN6O3. The van der Waals surface area contributed by atoms with Crippen LogP contribution in [0.5, 0.6) is 0 Å². The Bertz CT molecular complexity index is 1350. The number of rotatable bonds is 8. The summed E-state index contributed by atoms with van der Waals surface area (Å²) in [5.74, 6) is 0.959. The molecule has 0 radical (unpaired) electrons. The van der Waals surface area contributed by atoms with Gasteiger partial charge < -0.3 is 15.5 Å². The van der Waals surface area contributed by atoms with E-state index in [1.54, 1.807) is 28.8 Å². The van der Waals surface area contributed by atoms with E-state index in [0.717, 1.165) is 37.7 Å². The predicted molar refractivity (Wildman–Crippen MR) is 144 cm³/mol. The highest BCUT2D eigenvalue weighted by atomic mass is 35.5. The van der Waals surface area contributed by atoms with Crippen molar-refractivity contribution < 1.29 is 9.59 Å². The van der Waals surface area contributed by atoms with E-state index >= 15 is 0 Å². The topological polar surface area (TPSA) is 101 Å². The normalized spacial score (nSPS) is 19.8. The van der Waals surface area contributed by atoms with Gasteiger partial charge in [-0.05, 0) is 44.2 Å². The van der Waals surface area contributed by atoms with Crippen LogP contribution >= 0.6 is 11.6 Å². The Morgan fingerprint density at radius 2 is 1.97 bits per heavy atom. The summed E-state index contributed by atoms with van der Waals surface area (Å²) in [6, 6.07) is 8.05. The van der Waals surface area contributed by atoms with Gasteiger partial charge in [-0.1, -0.05) is 43.5 Å². The molecule has 2 aliphatic rings. The van der Waals surface area contributed by atoms with Crippen molar-refractivity contribution in [1.82, 2.24) is 24.6 Å². The van der Waals surface area contributed by atoms with E-state index in [4.69, 9.17) is 16.6 Å². The van der Waals surface area contributed by atoms with E-state index in [2.05, 4.69) is 22.1 Å². The molecule has 2 fully saturated rings. The quantitative estimate of drug-likeness (QED) is 0.440. The van der Waals surface area contributed by atoms with Crippen LogP contribution in [0.25, 0.3) is 17.0 Å². The lowest BCUT2D eigenvalue weighted by Gasteiger charge is -2.31. The molecule has 0 spiro atoms. The summed E-state index contributed by atoms with van der Waals surface area (Å²) in [5.41, 5.74) is 1.37. The summed E-state index contributed by atoms with van der Waals surface area (Å²) in [5, 5.41) is 6.41. The maximum atomic E-state index is 13.3. The number of hydrogen-bond acceptors (Lipinski definition) is 5. The van der Waals surface area contributed by atoms with Gasteiger partial charge in [0.2, 0.25) is 17.6 Å². The van der Waals surface area contributed by atoms with Gasteiger partial charge in [-0.15, -0.1) is 0 Å². The summed E-state index contributed by atoms with van der Waals surface area (Å²) in [7, 11) is 0. The highest BCUT2D eigenvalue weighted by Crippen LogP contribution is 2.28. The van der Waals surface area contributed by atoms with Gasteiger partial charge in [-0.3, -0.25) is 23.4 Å². The summed E-state index contributed by atoms with van der Waals surface area (Å²) in [6.45, 7) is 4.13. The Hall–Kier alpha value is -3.33. The zero-order valence-electron chi connectivity index (χ0n) is 21.1. The van der Waals surface area contributed by atoms with Crippen LogP contribution in [0.1, 0.15) is 51.9 Å². The first-order valence-electron chi connectivity index (χ1n) is 13.2. The number of unbranched alkanes of at least 4 members (excludes halogenated alkanes) is 2. The molecule has 2 amide bonds. The average molecular weight is 525 g/mol. The fourth-order valence-electron chi connectivity index (χ4n) is 5.31. The SMILES string of the molecule is CCCCCn1c(N2CCC[C@H]2C(=O)N[C@@H]2CCCNC2=O)cc(=O)n2cc(-c3ccc(Cl)cc3)nc12. The molecule has 10 heteroatoms. The second-order valence-electron chi connectivity index (χ2n) is 9.85. The van der Waals surface area contributed by atoms with Crippen molar-refractivity contribution in [1.29, 1.82) is 0 Å². The standard InChI is InChI=1S/C27H33ClN6O3/c1-2-3-4-14-33-23(32-15-6-8-22(32)26(37)30-20-7-5-13-29-25(20)36)16-24(35)34-17-21(31-27(33)34)18-9-11-19(28)12-10-18/h9-12,16-17,20,22H,2-8,13-15H2,1H3,(H,29,36)(H,30,37)/t20-,22+/m1/s1. The predicted octanol–water partition coefficient (Wildman–Crippen LogP) is 3.37. The van der Waals surface area contributed by atoms with Gasteiger partial charge in [0.05, 0.1) is 5.69 Å². The van der Waals surface area contributed by atoms with Crippen LogP contribution in [-0.2, 0) is 16.1 Å². The molecule has 0 saturated carbocycles. The highest BCUT2D eigenvalue weighted by molar-refractivity contribution is 6.30. The maximum absolute atomic E-state index is 13.3. The molecule has 0 aliphatic carbocycles. The molecule has 3 aromatic rings. The zero-order valence-corrected chi connectivity index (χ0v) is 21.8. The number of carbonyl (C=O) groups excluding carboxylic acids is 2. The third-order valence-corrected chi connectivity index (χ3v) is 7.52. The lowest BCUT2D eigenvalue weighted by atomic mass is 10.1. The number of aryl methyl sites for hydroxylation is 1. The molecule has 1 aromatic carbocycles. The maximum Gasteiger partial charge on any atom is 0.261 e. The third-order valence-electron chi connectivity index (χ3n) is 7.27. The number of benzene rings is 1. The van der Waals surface area contributed by atoms with Crippen molar-refractivity contribution in [2.75, 3.05) is 18.0 Å². The van der Waals surface area contributed by atoms with Crippen molar-refractivity contribution in [3.05, 3.63) is 51.9 Å². The smallest absolute Gasteiger partial charge is 0.261 e. The molecule has 2 aliphatic heterocycles. The first kappa shape index (κ1) is 25.3. The number of carbonyl (C=O) groups is 2. The Morgan fingerprint density at radius 3 is 2.73 bits per heavy atom. The molecule has 2 atom stereocenters. The van der Waals surface area contributed by atoms with Crippen LogP contribution in [0.15, 0.2) is 41.3 Å². The van der Waals surface area contributed by atoms with Gasteiger partial charge in [-0.2, -0.15) is 0 Å². The van der Waals surface area contributed by atoms with Crippen LogP contribution in [0.2, 0.25) is 5.02 Å². The molecule has 196 valence electrons. The molecule has 37 heavy (non-hydrogen) atoms. The second kappa shape index (κ2) is 11.0. The van der Waals surface area contributed by atoms with E-state index < -0.39 is 12.1 Å². The summed E-state index contributed by atoms with van der Waals surface area (Å²) >= 11 is 6.06. The molecular weight excluding hydrogens is 492 g/mol. The van der Waals surface area contributed by atoms with E-state index in [1.165, 1.54) is 0 Å². The second-order valence-corrected chi connectivity index (χ2v) is 10.3. The first-order chi connectivity index (χ1) is 18.0. The van der Waals surface area contributed by atoms with Gasteiger partial charge in [-0.25, -0.2) is 4.98 Å². The average Bonchev–Trinajstić information content (AvgIpc) is 3.56. The minimum Gasteiger partial charge on any atom is -0.354 e. The van der Waals surface area contributed by atoms with Gasteiger partial charge in [0.15, 0.2) is 0 Å². The number of aromatic nitrogens is 3. The van der Waals surface area contributed by atoms with Crippen LogP contribution < -0.4 is 21.1 Å². The molecule has 2 aromatic heterocycles. The number of piperidine rings is 1. The van der Waals surface area contributed by atoms with Crippen molar-refractivity contribution in [3.63, 3.8) is 0 Å². The molecule has 0 bridgehead atoms. The lowest BCUT2D eigenvalue weighted by Crippen LogP contribution is -2.54. The highest BCUT2D eigenvalue weighted by Gasteiger charge is 2.35. The van der Waals surface area contributed by atoms with Crippen LogP contribution in [0, 0.1) is 0 Å². The van der Waals surface area contributed by atoms with Crippen LogP contribution in [0.3, 0.4) is 0 Å². The number of nitrogens with zero attached hydrogens (tertiary/aromatic N) is 4. The van der Waals surface area contributed by atoms with Gasteiger partial charge in [0, 0.05) is 42.5 Å². The summed E-state index contributed by atoms with van der Waals surface area (Å²) in [6.07, 6.45) is 7.77. The summed E-state index contributed by atoms with van der Waals surface area (Å²) in [4.78, 5) is 45.7. The van der Waals surface area contributed by atoms with Crippen molar-refractivity contribution in [3.8, 4) is 11.3 Å². The third kappa shape index (κ3) is 5.23. The monoisotopic (exact) mass is 524 g/mol. The van der Waals surface area contributed by atoms with Gasteiger partial charge in [0.1, 0.15) is 17.9 Å². The Labute approximate surface area is 220 Å². The first-order valence-corrected chi connectivity index (χ1v) is 13.6. The van der Waals surface area contributed by atoms with Crippen molar-refractivity contribution in [2.45, 2.75) is 70.5 Å². The van der Waals surface area contributed by atoms with Crippen molar-refractivity contribution >= 4 is 35.0 Å². The fraction of sp³-hybridized carbons (Fsp3) is 0.481. The van der Waals surface area contributed by atoms with E-state index in [1.807, 2.05) is 17.0 Å². The molecule has 2 N–H and O–H groups in total. The number of imidazole rings is 1. The minimum absolute atomic E-state index is 0.130. The van der Waals surface area contributed by atoms with Crippen LogP contribution in [0.4, 0.5) is 5.82 Å². The number of anilines is 1. The number of halogens is 1. The van der Waals surface area contributed by atoms with E-state index in [9.17, 15) is 14.4 Å². The number of fused-ring (bicyclic) bond motifs is 1. The minimum atomic E-state index is -0.507. The lowest BCUT2D eigenvalue weighted by molar-refractivity contribution is -0.130. The van der Waals surface area contributed by atoms with Gasteiger partial charge >= 0.3 is 0 Å². The van der Waals surface area contributed by atoms with E-state index in [0.29, 0.717) is 54.8 Å². The number of nitrogens with one attached hydrogen (secondary N) is 2. The Balaban J connectivity index is 1.52. The Kier molecular flexibility index (Phi) is 7.50. The largest absolute Gasteiger partial charge is 0.354 e. The van der Waals surface area contributed by atoms with Crippen LogP contribution in [-0.4, -0.2) is 50.9 Å². The Morgan fingerprint density at radius 1 is 1.16 bits per heavy atom. The number of amides is 2. The molecule has 9 nitrogen and oxygen atoms in total. The molecule has 0 unspecified atom stereocenters. The number of hydrogen-bond donors (Lipinski definition) is 2. The summed E-state index contributed by atoms with van der Waals surface area (Å²) < 4.78 is 3.65. The fourth-order valence-corrected chi connectivity index (χ4v) is 5.43. The molecule has 5 rings (SSSR count). The van der Waals surface area contributed by atoms with Gasteiger partial charge in [0.25, 0.3) is 5.56 Å². The molecule has 2 saturated heterocycles. The van der Waals surface area contributed by atoms with E-state index in [-0.39, 0.29) is 17.4 Å². The van der Waals surface area contributed by atoms with Crippen molar-refractivity contribution in [2.24, 2.45) is 0 Å².